The summed E-state index contributed by atoms with van der Waals surface area (Å²) >= 11 is 0. The summed E-state index contributed by atoms with van der Waals surface area (Å²) in [4.78, 5) is 69.9. The van der Waals surface area contributed by atoms with Gasteiger partial charge in [0.1, 0.15) is 17.5 Å². The molecule has 7 nitrogen and oxygen atoms in total. The molecule has 3 aromatic rings. The number of aromatic hydroxyl groups is 1. The number of hydrogen-bond acceptors (Lipinski definition) is 7. The van der Waals surface area contributed by atoms with Crippen molar-refractivity contribution in [3.05, 3.63) is 65.2 Å². The maximum absolute atomic E-state index is 14.7. The van der Waals surface area contributed by atoms with Crippen LogP contribution in [-0.2, 0) is 31.0 Å². The van der Waals surface area contributed by atoms with Crippen LogP contribution in [0.4, 0.5) is 0 Å². The molecular weight excluding hydrogens is 580 g/mol. The number of Topliss-reactive ketones (excluding diaryl/α,β-unsaturated/α-hetero) is 5. The van der Waals surface area contributed by atoms with Gasteiger partial charge in [-0.25, -0.2) is 0 Å². The van der Waals surface area contributed by atoms with E-state index in [-0.39, 0.29) is 24.2 Å². The van der Waals surface area contributed by atoms with Crippen LogP contribution in [0.5, 0.6) is 5.75 Å². The van der Waals surface area contributed by atoms with Crippen molar-refractivity contribution in [1.82, 2.24) is 0 Å². The highest BCUT2D eigenvalue weighted by Gasteiger charge is 2.76. The smallest absolute Gasteiger partial charge is 0.190 e. The predicted molar refractivity (Wildman–Crippen MR) is 175 cm³/mol. The highest BCUT2D eigenvalue weighted by molar-refractivity contribution is 6.32. The van der Waals surface area contributed by atoms with Gasteiger partial charge in [0.2, 0.25) is 0 Å². The van der Waals surface area contributed by atoms with Gasteiger partial charge < -0.3 is 10.2 Å². The number of ketones is 5. The van der Waals surface area contributed by atoms with E-state index in [0.717, 1.165) is 28.8 Å². The Morgan fingerprint density at radius 1 is 0.935 bits per heavy atom. The van der Waals surface area contributed by atoms with Gasteiger partial charge in [0.25, 0.3) is 0 Å². The number of carbonyl (C=O) groups excluding carboxylic acids is 5. The number of phenolic OH excluding ortho intramolecular Hbond substituents is 1. The first-order valence-electron chi connectivity index (χ1n) is 16.1. The van der Waals surface area contributed by atoms with E-state index >= 15 is 0 Å². The first kappa shape index (κ1) is 32.0. The second-order valence-electron chi connectivity index (χ2n) is 15.8. The second kappa shape index (κ2) is 10.0. The van der Waals surface area contributed by atoms with E-state index in [4.69, 9.17) is 0 Å². The summed E-state index contributed by atoms with van der Waals surface area (Å²) in [7, 11) is 0. The van der Waals surface area contributed by atoms with Crippen LogP contribution < -0.4 is 0 Å². The van der Waals surface area contributed by atoms with Gasteiger partial charge in [-0.05, 0) is 76.1 Å². The molecule has 6 rings (SSSR count). The minimum absolute atomic E-state index is 0.0159. The molecule has 0 spiro atoms. The Bertz CT molecular complexity index is 1890. The Morgan fingerprint density at radius 2 is 1.57 bits per heavy atom. The molecule has 0 saturated heterocycles. The third kappa shape index (κ3) is 4.09. The van der Waals surface area contributed by atoms with Crippen LogP contribution in [0.15, 0.2) is 48.5 Å². The monoisotopic (exact) mass is 622 g/mol. The Balaban J connectivity index is 1.62. The van der Waals surface area contributed by atoms with E-state index in [9.17, 15) is 34.2 Å². The summed E-state index contributed by atoms with van der Waals surface area (Å²) in [5.74, 6) is -8.90. The number of hydrogen-bond donors (Lipinski definition) is 2. The number of aliphatic hydroxyl groups is 1. The maximum atomic E-state index is 14.7. The van der Waals surface area contributed by atoms with Gasteiger partial charge in [-0.3, -0.25) is 24.0 Å². The molecule has 2 fully saturated rings. The van der Waals surface area contributed by atoms with Crippen molar-refractivity contribution in [2.24, 2.45) is 34.5 Å². The zero-order chi connectivity index (χ0) is 33.9. The summed E-state index contributed by atoms with van der Waals surface area (Å²) in [6, 6.07) is 15.9. The lowest BCUT2D eigenvalue weighted by Gasteiger charge is -2.62. The number of phenols is 1. The molecule has 7 heteroatoms. The Morgan fingerprint density at radius 3 is 2.15 bits per heavy atom. The molecule has 0 heterocycles. The van der Waals surface area contributed by atoms with E-state index in [1.54, 1.807) is 20.8 Å². The predicted octanol–water partition coefficient (Wildman–Crippen LogP) is 6.21. The van der Waals surface area contributed by atoms with Crippen molar-refractivity contribution >= 4 is 39.7 Å². The number of carbonyl (C=O) groups is 5. The van der Waals surface area contributed by atoms with Crippen molar-refractivity contribution in [2.75, 3.05) is 0 Å². The number of benzene rings is 3. The van der Waals surface area contributed by atoms with Crippen LogP contribution in [0, 0.1) is 34.5 Å². The van der Waals surface area contributed by atoms with E-state index in [0.29, 0.717) is 11.1 Å². The van der Waals surface area contributed by atoms with Crippen molar-refractivity contribution in [3.8, 4) is 16.9 Å². The van der Waals surface area contributed by atoms with E-state index in [2.05, 4.69) is 6.07 Å². The minimum Gasteiger partial charge on any atom is -0.507 e. The summed E-state index contributed by atoms with van der Waals surface area (Å²) in [6.45, 7) is 13.9. The Hall–Kier alpha value is -3.97. The maximum Gasteiger partial charge on any atom is 0.190 e. The molecule has 6 atom stereocenters. The first-order chi connectivity index (χ1) is 21.3. The average Bonchev–Trinajstić information content (AvgIpc) is 2.93. The lowest BCUT2D eigenvalue weighted by atomic mass is 9.39. The number of rotatable bonds is 3. The topological polar surface area (TPSA) is 126 Å². The van der Waals surface area contributed by atoms with Gasteiger partial charge >= 0.3 is 0 Å². The molecule has 0 bridgehead atoms. The van der Waals surface area contributed by atoms with Gasteiger partial charge in [0, 0.05) is 16.9 Å². The molecular formula is C39H42O7. The summed E-state index contributed by atoms with van der Waals surface area (Å²) in [6.07, 6.45) is 0.210. The van der Waals surface area contributed by atoms with Gasteiger partial charge in [-0.1, -0.05) is 84.9 Å². The summed E-state index contributed by atoms with van der Waals surface area (Å²) in [5.41, 5.74) is -3.16. The van der Waals surface area contributed by atoms with E-state index < -0.39 is 74.4 Å². The van der Waals surface area contributed by atoms with E-state index in [1.807, 2.05) is 70.2 Å². The van der Waals surface area contributed by atoms with E-state index in [1.165, 1.54) is 0 Å². The Labute approximate surface area is 269 Å². The zero-order valence-corrected chi connectivity index (χ0v) is 27.8. The van der Waals surface area contributed by atoms with Crippen molar-refractivity contribution in [2.45, 2.75) is 79.2 Å². The quantitative estimate of drug-likeness (QED) is 0.333. The minimum atomic E-state index is -2.72. The molecule has 3 unspecified atom stereocenters. The second-order valence-corrected chi connectivity index (χ2v) is 15.8. The van der Waals surface area contributed by atoms with Crippen molar-refractivity contribution in [1.29, 1.82) is 0 Å². The molecule has 2 N–H and O–H groups in total. The third-order valence-corrected chi connectivity index (χ3v) is 11.2. The third-order valence-electron chi connectivity index (χ3n) is 11.2. The fourth-order valence-corrected chi connectivity index (χ4v) is 9.39. The van der Waals surface area contributed by atoms with Gasteiger partial charge in [0.15, 0.2) is 28.7 Å². The van der Waals surface area contributed by atoms with Crippen molar-refractivity contribution < 1.29 is 34.2 Å². The van der Waals surface area contributed by atoms with Crippen LogP contribution in [-0.4, -0.2) is 44.7 Å². The average molecular weight is 623 g/mol. The molecule has 240 valence electrons. The van der Waals surface area contributed by atoms with Gasteiger partial charge in [-0.15, -0.1) is 0 Å². The molecule has 0 aromatic heterocycles. The van der Waals surface area contributed by atoms with Crippen LogP contribution >= 0.6 is 0 Å². The SMILES string of the molecule is CC(=O)C1C(=O)C(C(C)C)[C@@]2(C)C[C@@]3(C)Cc4c(-c5ccc6ccccc6c5)cc(C(C)(C)C)c(O)c4C(=O)C3C(=O)[C@@]2(O)C1=O. The van der Waals surface area contributed by atoms with Gasteiger partial charge in [0.05, 0.1) is 11.5 Å². The van der Waals surface area contributed by atoms with Crippen molar-refractivity contribution in [3.63, 3.8) is 0 Å². The van der Waals surface area contributed by atoms with Crippen LogP contribution in [0.3, 0.4) is 0 Å². The number of fused-ring (bicyclic) bond motifs is 4. The molecule has 46 heavy (non-hydrogen) atoms. The molecule has 0 radical (unpaired) electrons. The normalized spacial score (nSPS) is 31.1. The fraction of sp³-hybridized carbons (Fsp3) is 0.462. The van der Waals surface area contributed by atoms with Gasteiger partial charge in [-0.2, -0.15) is 0 Å². The lowest BCUT2D eigenvalue weighted by Crippen LogP contribution is -2.76. The molecule has 3 aliphatic rings. The molecule has 3 aromatic carbocycles. The zero-order valence-electron chi connectivity index (χ0n) is 27.8. The molecule has 0 amide bonds. The fourth-order valence-electron chi connectivity index (χ4n) is 9.39. The summed E-state index contributed by atoms with van der Waals surface area (Å²) in [5, 5.41) is 26.2. The van der Waals surface area contributed by atoms with Crippen LogP contribution in [0.2, 0.25) is 0 Å². The first-order valence-corrected chi connectivity index (χ1v) is 16.1. The highest BCUT2D eigenvalue weighted by Crippen LogP contribution is 2.64. The summed E-state index contributed by atoms with van der Waals surface area (Å²) < 4.78 is 0. The van der Waals surface area contributed by atoms with Crippen LogP contribution in [0.1, 0.15) is 83.3 Å². The standard InChI is InChI=1S/C39H42O7/c1-19(2)29-32(42)27(20(3)40)34(44)39(46)35(45)30-33(43)28-25(17-37(30,7)18-38(29,39)8)24(16-26(31(28)41)36(4,5)6)23-14-13-21-11-9-10-12-22(21)15-23/h9-16,19,27,29-30,41,46H,17-18H2,1-8H3/t27?,29?,30?,37-,38-,39+/m1/s1. The largest absolute Gasteiger partial charge is 0.507 e. The molecule has 2 saturated carbocycles. The molecule has 3 aliphatic carbocycles. The lowest BCUT2D eigenvalue weighted by molar-refractivity contribution is -0.205. The highest BCUT2D eigenvalue weighted by atomic mass is 16.3. The molecule has 0 aliphatic heterocycles. The van der Waals surface area contributed by atoms with Crippen LogP contribution in [0.25, 0.3) is 21.9 Å². The Kier molecular flexibility index (Phi) is 6.96.